The third kappa shape index (κ3) is 5.79. The monoisotopic (exact) mass is 434 g/mol. The van der Waals surface area contributed by atoms with Crippen LogP contribution in [0.1, 0.15) is 41.6 Å². The predicted molar refractivity (Wildman–Crippen MR) is 124 cm³/mol. The first-order valence-corrected chi connectivity index (χ1v) is 11.5. The Morgan fingerprint density at radius 1 is 1.10 bits per heavy atom. The molecule has 5 nitrogen and oxygen atoms in total. The molecule has 1 fully saturated rings. The highest BCUT2D eigenvalue weighted by Crippen LogP contribution is 2.34. The fourth-order valence-corrected chi connectivity index (χ4v) is 4.42. The third-order valence-corrected chi connectivity index (χ3v) is 6.35. The van der Waals surface area contributed by atoms with Gasteiger partial charge in [-0.25, -0.2) is 0 Å². The molecular formula is C25H26N2O3S. The lowest BCUT2D eigenvalue weighted by molar-refractivity contribution is 0.102. The van der Waals surface area contributed by atoms with E-state index in [2.05, 4.69) is 16.4 Å². The molecule has 1 saturated carbocycles. The molecule has 0 unspecified atom stereocenters. The number of thioether (sulfide) groups is 1. The highest BCUT2D eigenvalue weighted by molar-refractivity contribution is 7.98. The van der Waals surface area contributed by atoms with Crippen molar-refractivity contribution < 1.29 is 14.3 Å². The Morgan fingerprint density at radius 3 is 2.61 bits per heavy atom. The number of nitrogens with one attached hydrogen (secondary N) is 1. The fraction of sp³-hybridized carbons (Fsp3) is 0.280. The van der Waals surface area contributed by atoms with Crippen LogP contribution in [0.15, 0.2) is 71.9 Å². The number of carbonyl (C=O) groups excluding carboxylic acids is 1. The Labute approximate surface area is 187 Å². The van der Waals surface area contributed by atoms with E-state index in [1.807, 2.05) is 54.7 Å². The summed E-state index contributed by atoms with van der Waals surface area (Å²) in [5, 5.41) is 2.96. The molecule has 1 aliphatic rings. The van der Waals surface area contributed by atoms with Crippen LogP contribution in [0.2, 0.25) is 0 Å². The van der Waals surface area contributed by atoms with Crippen LogP contribution in [0.3, 0.4) is 0 Å². The standard InChI is InChI=1S/C25H26N2O3S/c1-29-23-13-10-20(15-24(23)30-21-6-2-3-7-21)27-25(28)19-8-11-22(12-9-19)31-17-18-5-4-14-26-16-18/h4-5,8-16,21H,2-3,6-7,17H2,1H3,(H,27,28). The maximum atomic E-state index is 12.7. The molecule has 1 amide bonds. The van der Waals surface area contributed by atoms with Crippen molar-refractivity contribution >= 4 is 23.4 Å². The Bertz CT molecular complexity index is 1000. The van der Waals surface area contributed by atoms with Crippen molar-refractivity contribution in [2.75, 3.05) is 12.4 Å². The summed E-state index contributed by atoms with van der Waals surface area (Å²) >= 11 is 1.72. The van der Waals surface area contributed by atoms with E-state index in [0.717, 1.165) is 23.5 Å². The lowest BCUT2D eigenvalue weighted by atomic mass is 10.2. The molecule has 160 valence electrons. The minimum atomic E-state index is -0.152. The van der Waals surface area contributed by atoms with Crippen molar-refractivity contribution in [3.63, 3.8) is 0 Å². The van der Waals surface area contributed by atoms with Gasteiger partial charge in [-0.1, -0.05) is 6.07 Å². The van der Waals surface area contributed by atoms with Gasteiger partial charge in [0.05, 0.1) is 13.2 Å². The molecule has 0 aliphatic heterocycles. The number of hydrogen-bond acceptors (Lipinski definition) is 5. The van der Waals surface area contributed by atoms with Gasteiger partial charge in [0, 0.05) is 40.4 Å². The van der Waals surface area contributed by atoms with E-state index in [1.54, 1.807) is 25.1 Å². The van der Waals surface area contributed by atoms with Crippen LogP contribution in [-0.2, 0) is 5.75 Å². The van der Waals surface area contributed by atoms with E-state index in [1.165, 1.54) is 18.4 Å². The number of hydrogen-bond donors (Lipinski definition) is 1. The van der Waals surface area contributed by atoms with Crippen LogP contribution in [0.4, 0.5) is 5.69 Å². The van der Waals surface area contributed by atoms with Gasteiger partial charge in [0.1, 0.15) is 0 Å². The maximum absolute atomic E-state index is 12.7. The first kappa shape index (κ1) is 21.2. The second kappa shape index (κ2) is 10.4. The average molecular weight is 435 g/mol. The number of nitrogens with zero attached hydrogens (tertiary/aromatic N) is 1. The highest BCUT2D eigenvalue weighted by atomic mass is 32.2. The van der Waals surface area contributed by atoms with Crippen molar-refractivity contribution in [1.29, 1.82) is 0 Å². The van der Waals surface area contributed by atoms with Gasteiger partial charge in [-0.3, -0.25) is 9.78 Å². The van der Waals surface area contributed by atoms with Gasteiger partial charge in [-0.15, -0.1) is 11.8 Å². The summed E-state index contributed by atoms with van der Waals surface area (Å²) in [6, 6.07) is 17.1. The van der Waals surface area contributed by atoms with Crippen molar-refractivity contribution in [3.8, 4) is 11.5 Å². The fourth-order valence-electron chi connectivity index (χ4n) is 3.59. The number of carbonyl (C=O) groups is 1. The van der Waals surface area contributed by atoms with Crippen LogP contribution < -0.4 is 14.8 Å². The molecule has 0 bridgehead atoms. The molecule has 4 rings (SSSR count). The first-order chi connectivity index (χ1) is 15.2. The Hall–Kier alpha value is -2.99. The largest absolute Gasteiger partial charge is 0.493 e. The number of amides is 1. The molecule has 2 aromatic carbocycles. The molecule has 0 radical (unpaired) electrons. The highest BCUT2D eigenvalue weighted by Gasteiger charge is 2.19. The number of benzene rings is 2. The molecule has 0 saturated heterocycles. The number of methoxy groups -OCH3 is 1. The molecule has 31 heavy (non-hydrogen) atoms. The zero-order valence-corrected chi connectivity index (χ0v) is 18.4. The van der Waals surface area contributed by atoms with Gasteiger partial charge in [0.2, 0.25) is 0 Å². The van der Waals surface area contributed by atoms with Crippen molar-refractivity contribution in [3.05, 3.63) is 78.1 Å². The second-order valence-electron chi connectivity index (χ2n) is 7.52. The number of aromatic nitrogens is 1. The van der Waals surface area contributed by atoms with Crippen LogP contribution in [0.5, 0.6) is 11.5 Å². The summed E-state index contributed by atoms with van der Waals surface area (Å²) < 4.78 is 11.5. The minimum absolute atomic E-state index is 0.152. The third-order valence-electron chi connectivity index (χ3n) is 5.26. The van der Waals surface area contributed by atoms with Gasteiger partial charge < -0.3 is 14.8 Å². The summed E-state index contributed by atoms with van der Waals surface area (Å²) in [6.07, 6.45) is 8.37. The van der Waals surface area contributed by atoms with Gasteiger partial charge in [0.15, 0.2) is 11.5 Å². The normalized spacial score (nSPS) is 13.7. The van der Waals surface area contributed by atoms with E-state index in [-0.39, 0.29) is 12.0 Å². The smallest absolute Gasteiger partial charge is 0.255 e. The number of rotatable bonds is 8. The summed E-state index contributed by atoms with van der Waals surface area (Å²) in [7, 11) is 1.63. The molecule has 1 heterocycles. The van der Waals surface area contributed by atoms with Gasteiger partial charge >= 0.3 is 0 Å². The molecule has 3 aromatic rings. The Morgan fingerprint density at radius 2 is 1.90 bits per heavy atom. The van der Waals surface area contributed by atoms with E-state index >= 15 is 0 Å². The topological polar surface area (TPSA) is 60.5 Å². The average Bonchev–Trinajstić information content (AvgIpc) is 3.32. The SMILES string of the molecule is COc1ccc(NC(=O)c2ccc(SCc3cccnc3)cc2)cc1OC1CCCC1. The zero-order chi connectivity index (χ0) is 21.5. The Balaban J connectivity index is 1.38. The number of ether oxygens (including phenoxy) is 2. The second-order valence-corrected chi connectivity index (χ2v) is 8.57. The first-order valence-electron chi connectivity index (χ1n) is 10.5. The number of pyridine rings is 1. The van der Waals surface area contributed by atoms with Crippen LogP contribution in [0, 0.1) is 0 Å². The van der Waals surface area contributed by atoms with Crippen LogP contribution in [0.25, 0.3) is 0 Å². The van der Waals surface area contributed by atoms with Crippen LogP contribution in [-0.4, -0.2) is 24.1 Å². The van der Waals surface area contributed by atoms with E-state index in [9.17, 15) is 4.79 Å². The van der Waals surface area contributed by atoms with E-state index in [0.29, 0.717) is 22.7 Å². The quantitative estimate of drug-likeness (QED) is 0.444. The summed E-state index contributed by atoms with van der Waals surface area (Å²) in [4.78, 5) is 18.0. The van der Waals surface area contributed by atoms with Crippen molar-refractivity contribution in [1.82, 2.24) is 4.98 Å². The van der Waals surface area contributed by atoms with Crippen molar-refractivity contribution in [2.24, 2.45) is 0 Å². The summed E-state index contributed by atoms with van der Waals surface area (Å²) in [6.45, 7) is 0. The van der Waals surface area contributed by atoms with Gasteiger partial charge in [0.25, 0.3) is 5.91 Å². The molecule has 0 spiro atoms. The van der Waals surface area contributed by atoms with Gasteiger partial charge in [-0.2, -0.15) is 0 Å². The number of anilines is 1. The molecule has 1 aliphatic carbocycles. The molecule has 0 atom stereocenters. The molecular weight excluding hydrogens is 408 g/mol. The predicted octanol–water partition coefficient (Wildman–Crippen LogP) is 5.96. The molecule has 6 heteroatoms. The lowest BCUT2D eigenvalue weighted by Gasteiger charge is -2.17. The minimum Gasteiger partial charge on any atom is -0.493 e. The maximum Gasteiger partial charge on any atom is 0.255 e. The van der Waals surface area contributed by atoms with Gasteiger partial charge in [-0.05, 0) is 73.7 Å². The zero-order valence-electron chi connectivity index (χ0n) is 17.5. The Kier molecular flexibility index (Phi) is 7.10. The molecule has 1 N–H and O–H groups in total. The van der Waals surface area contributed by atoms with E-state index in [4.69, 9.17) is 9.47 Å². The summed E-state index contributed by atoms with van der Waals surface area (Å²) in [5.74, 6) is 2.05. The molecule has 1 aromatic heterocycles. The lowest BCUT2D eigenvalue weighted by Crippen LogP contribution is -2.14. The van der Waals surface area contributed by atoms with E-state index < -0.39 is 0 Å². The summed E-state index contributed by atoms with van der Waals surface area (Å²) in [5.41, 5.74) is 2.47. The van der Waals surface area contributed by atoms with Crippen LogP contribution >= 0.6 is 11.8 Å². The van der Waals surface area contributed by atoms with Crippen molar-refractivity contribution in [2.45, 2.75) is 42.4 Å².